The minimum Gasteiger partial charge on any atom is -0.458 e. The molecule has 1 atom stereocenters. The van der Waals surface area contributed by atoms with Gasteiger partial charge in [0.1, 0.15) is 17.2 Å². The van der Waals surface area contributed by atoms with Crippen LogP contribution in [0, 0.1) is 0 Å². The molecular formula is C15H28BrNO4. The molecule has 0 aromatic carbocycles. The number of hydrogen-bond acceptors (Lipinski definition) is 4. The number of hydrogen-bond donors (Lipinski definition) is 1. The SMILES string of the molecule is CC(C)(C)OC(=O)N[C@H](CCCCBr)C(=O)OC(C)(C)C. The standard InChI is InChI=1S/C15H28BrNO4/c1-14(2,3)20-12(18)11(9-7-8-10-16)17-13(19)21-15(4,5)6/h11H,7-10H2,1-6H3,(H,17,19)/t11-/m1/s1. The molecule has 0 aliphatic carbocycles. The molecule has 0 rings (SSSR count). The molecule has 0 saturated heterocycles. The lowest BCUT2D eigenvalue weighted by Gasteiger charge is -2.26. The molecule has 5 nitrogen and oxygen atoms in total. The molecule has 0 heterocycles. The van der Waals surface area contributed by atoms with E-state index in [1.165, 1.54) is 0 Å². The van der Waals surface area contributed by atoms with Crippen molar-refractivity contribution in [2.75, 3.05) is 5.33 Å². The van der Waals surface area contributed by atoms with Gasteiger partial charge in [-0.2, -0.15) is 0 Å². The maximum absolute atomic E-state index is 12.1. The van der Waals surface area contributed by atoms with Crippen LogP contribution in [-0.2, 0) is 14.3 Å². The summed E-state index contributed by atoms with van der Waals surface area (Å²) in [7, 11) is 0. The van der Waals surface area contributed by atoms with Gasteiger partial charge < -0.3 is 14.8 Å². The highest BCUT2D eigenvalue weighted by molar-refractivity contribution is 9.09. The Morgan fingerprint density at radius 2 is 1.52 bits per heavy atom. The van der Waals surface area contributed by atoms with Crippen LogP contribution < -0.4 is 5.32 Å². The molecule has 0 radical (unpaired) electrons. The maximum Gasteiger partial charge on any atom is 0.408 e. The van der Waals surface area contributed by atoms with Crippen molar-refractivity contribution in [1.82, 2.24) is 5.32 Å². The van der Waals surface area contributed by atoms with E-state index in [0.29, 0.717) is 6.42 Å². The number of unbranched alkanes of at least 4 members (excludes halogenated alkanes) is 1. The zero-order valence-electron chi connectivity index (χ0n) is 13.9. The molecule has 0 spiro atoms. The monoisotopic (exact) mass is 365 g/mol. The van der Waals surface area contributed by atoms with Gasteiger partial charge in [0.2, 0.25) is 0 Å². The first-order valence-electron chi connectivity index (χ1n) is 7.23. The topological polar surface area (TPSA) is 64.6 Å². The smallest absolute Gasteiger partial charge is 0.408 e. The highest BCUT2D eigenvalue weighted by Crippen LogP contribution is 2.13. The van der Waals surface area contributed by atoms with E-state index in [1.807, 2.05) is 0 Å². The van der Waals surface area contributed by atoms with Crippen LogP contribution in [0.15, 0.2) is 0 Å². The third kappa shape index (κ3) is 11.5. The number of carbonyl (C=O) groups excluding carboxylic acids is 2. The zero-order chi connectivity index (χ0) is 16.7. The predicted octanol–water partition coefficient (Wildman–Crippen LogP) is 3.79. The van der Waals surface area contributed by atoms with Gasteiger partial charge in [0.05, 0.1) is 0 Å². The van der Waals surface area contributed by atoms with Crippen LogP contribution in [0.25, 0.3) is 0 Å². The number of alkyl halides is 1. The molecule has 0 aliphatic heterocycles. The van der Waals surface area contributed by atoms with Gasteiger partial charge >= 0.3 is 12.1 Å². The number of halogens is 1. The molecule has 0 aromatic heterocycles. The molecule has 1 N–H and O–H groups in total. The molecule has 21 heavy (non-hydrogen) atoms. The van der Waals surface area contributed by atoms with Crippen molar-refractivity contribution in [3.8, 4) is 0 Å². The third-order valence-electron chi connectivity index (χ3n) is 2.26. The van der Waals surface area contributed by atoms with E-state index >= 15 is 0 Å². The van der Waals surface area contributed by atoms with Crippen LogP contribution in [0.2, 0.25) is 0 Å². The second kappa shape index (κ2) is 8.61. The first kappa shape index (κ1) is 20.2. The Morgan fingerprint density at radius 3 is 1.95 bits per heavy atom. The number of alkyl carbamates (subject to hydrolysis) is 1. The fourth-order valence-corrected chi connectivity index (χ4v) is 1.91. The summed E-state index contributed by atoms with van der Waals surface area (Å²) in [6, 6.07) is -0.682. The largest absolute Gasteiger partial charge is 0.458 e. The van der Waals surface area contributed by atoms with Crippen molar-refractivity contribution in [2.24, 2.45) is 0 Å². The quantitative estimate of drug-likeness (QED) is 0.441. The molecule has 0 bridgehead atoms. The summed E-state index contributed by atoms with van der Waals surface area (Å²) in [5.74, 6) is -0.428. The molecule has 0 fully saturated rings. The highest BCUT2D eigenvalue weighted by atomic mass is 79.9. The number of esters is 1. The normalized spacial score (nSPS) is 13.5. The fourth-order valence-electron chi connectivity index (χ4n) is 1.51. The number of rotatable bonds is 6. The summed E-state index contributed by atoms with van der Waals surface area (Å²) >= 11 is 3.35. The van der Waals surface area contributed by atoms with E-state index in [-0.39, 0.29) is 0 Å². The number of amides is 1. The van der Waals surface area contributed by atoms with E-state index in [1.54, 1.807) is 41.5 Å². The van der Waals surface area contributed by atoms with Crippen LogP contribution in [-0.4, -0.2) is 34.6 Å². The minimum absolute atomic E-state index is 0.428. The van der Waals surface area contributed by atoms with Gasteiger partial charge in [-0.3, -0.25) is 0 Å². The highest BCUT2D eigenvalue weighted by Gasteiger charge is 2.28. The molecular weight excluding hydrogens is 338 g/mol. The molecule has 124 valence electrons. The van der Waals surface area contributed by atoms with Crippen LogP contribution in [0.3, 0.4) is 0 Å². The first-order valence-corrected chi connectivity index (χ1v) is 8.35. The van der Waals surface area contributed by atoms with Crippen molar-refractivity contribution in [2.45, 2.75) is 78.0 Å². The maximum atomic E-state index is 12.1. The minimum atomic E-state index is -0.682. The number of nitrogens with one attached hydrogen (secondary N) is 1. The fraction of sp³-hybridized carbons (Fsp3) is 0.867. The number of ether oxygens (including phenoxy) is 2. The Bertz CT molecular complexity index is 345. The van der Waals surface area contributed by atoms with E-state index in [2.05, 4.69) is 21.2 Å². The second-order valence-electron chi connectivity index (χ2n) is 6.92. The van der Waals surface area contributed by atoms with Crippen molar-refractivity contribution >= 4 is 28.0 Å². The molecule has 0 aromatic rings. The van der Waals surface area contributed by atoms with Gasteiger partial charge in [-0.25, -0.2) is 9.59 Å². The summed E-state index contributed by atoms with van der Waals surface area (Å²) in [5, 5.41) is 3.47. The van der Waals surface area contributed by atoms with Crippen molar-refractivity contribution in [3.05, 3.63) is 0 Å². The Kier molecular flexibility index (Phi) is 8.29. The lowest BCUT2D eigenvalue weighted by Crippen LogP contribution is -2.46. The molecule has 0 aliphatic rings. The Morgan fingerprint density at radius 1 is 1.00 bits per heavy atom. The van der Waals surface area contributed by atoms with E-state index < -0.39 is 29.3 Å². The molecule has 0 unspecified atom stereocenters. The second-order valence-corrected chi connectivity index (χ2v) is 7.71. The average Bonchev–Trinajstić information content (AvgIpc) is 2.22. The van der Waals surface area contributed by atoms with E-state index in [9.17, 15) is 9.59 Å². The van der Waals surface area contributed by atoms with Gasteiger partial charge in [0.15, 0.2) is 0 Å². The average molecular weight is 366 g/mol. The summed E-state index contributed by atoms with van der Waals surface area (Å²) < 4.78 is 10.5. The summed E-state index contributed by atoms with van der Waals surface area (Å²) in [6.07, 6.45) is 1.66. The number of carbonyl (C=O) groups is 2. The van der Waals surface area contributed by atoms with Crippen LogP contribution >= 0.6 is 15.9 Å². The van der Waals surface area contributed by atoms with Crippen molar-refractivity contribution in [3.63, 3.8) is 0 Å². The molecule has 0 saturated carbocycles. The van der Waals surface area contributed by atoms with Gasteiger partial charge in [-0.15, -0.1) is 0 Å². The van der Waals surface area contributed by atoms with Crippen LogP contribution in [0.4, 0.5) is 4.79 Å². The summed E-state index contributed by atoms with van der Waals surface area (Å²) in [6.45, 7) is 10.7. The third-order valence-corrected chi connectivity index (χ3v) is 2.82. The van der Waals surface area contributed by atoms with E-state index in [0.717, 1.165) is 18.2 Å². The first-order chi connectivity index (χ1) is 9.44. The van der Waals surface area contributed by atoms with Crippen molar-refractivity contribution < 1.29 is 19.1 Å². The van der Waals surface area contributed by atoms with Crippen LogP contribution in [0.1, 0.15) is 60.8 Å². The lowest BCUT2D eigenvalue weighted by molar-refractivity contribution is -0.157. The van der Waals surface area contributed by atoms with Crippen LogP contribution in [0.5, 0.6) is 0 Å². The molecule has 1 amide bonds. The van der Waals surface area contributed by atoms with Gasteiger partial charge in [0.25, 0.3) is 0 Å². The van der Waals surface area contributed by atoms with E-state index in [4.69, 9.17) is 9.47 Å². The van der Waals surface area contributed by atoms with Gasteiger partial charge in [-0.05, 0) is 60.8 Å². The zero-order valence-corrected chi connectivity index (χ0v) is 15.5. The van der Waals surface area contributed by atoms with Gasteiger partial charge in [0, 0.05) is 5.33 Å². The van der Waals surface area contributed by atoms with Crippen molar-refractivity contribution in [1.29, 1.82) is 0 Å². The predicted molar refractivity (Wildman–Crippen MR) is 86.6 cm³/mol. The Labute approximate surface area is 136 Å². The Balaban J connectivity index is 4.65. The summed E-state index contributed by atoms with van der Waals surface area (Å²) in [5.41, 5.74) is -1.18. The lowest BCUT2D eigenvalue weighted by atomic mass is 10.1. The van der Waals surface area contributed by atoms with Gasteiger partial charge in [-0.1, -0.05) is 15.9 Å². The Hall–Kier alpha value is -0.780. The summed E-state index contributed by atoms with van der Waals surface area (Å²) in [4.78, 5) is 24.0. The molecule has 6 heteroatoms.